The van der Waals surface area contributed by atoms with Gasteiger partial charge in [0.2, 0.25) is 0 Å². The number of rotatable bonds is 4. The lowest BCUT2D eigenvalue weighted by atomic mass is 10.1. The van der Waals surface area contributed by atoms with Gasteiger partial charge in [-0.1, -0.05) is 0 Å². The zero-order valence-corrected chi connectivity index (χ0v) is 9.13. The quantitative estimate of drug-likeness (QED) is 0.828. The number of phenolic OH excluding ortho intramolecular Hbond substituents is 1. The Labute approximate surface area is 93.3 Å². The zero-order chi connectivity index (χ0) is 11.7. The molecular weight excluding hydrogens is 212 g/mol. The zero-order valence-electron chi connectivity index (χ0n) is 9.13. The minimum absolute atomic E-state index is 0.375. The number of hydrogen-bond donors (Lipinski definition) is 2. The van der Waals surface area contributed by atoms with E-state index in [0.717, 1.165) is 12.1 Å². The molecule has 1 saturated carbocycles. The largest absolute Gasteiger partial charge is 0.503 e. The molecule has 2 N–H and O–H groups in total. The summed E-state index contributed by atoms with van der Waals surface area (Å²) in [5.41, 5.74) is 0.514. The van der Waals surface area contributed by atoms with Gasteiger partial charge in [-0.15, -0.1) is 0 Å². The summed E-state index contributed by atoms with van der Waals surface area (Å²) in [5.74, 6) is -2.02. The van der Waals surface area contributed by atoms with Gasteiger partial charge in [0, 0.05) is 12.6 Å². The molecule has 0 radical (unpaired) electrons. The molecule has 1 atom stereocenters. The number of nitrogens with one attached hydrogen (secondary N) is 1. The lowest BCUT2D eigenvalue weighted by molar-refractivity contribution is 0.394. The lowest BCUT2D eigenvalue weighted by Crippen LogP contribution is -2.27. The van der Waals surface area contributed by atoms with Gasteiger partial charge in [-0.2, -0.15) is 0 Å². The Morgan fingerprint density at radius 1 is 1.38 bits per heavy atom. The normalized spacial score (nSPS) is 17.4. The third-order valence-corrected chi connectivity index (χ3v) is 3.03. The van der Waals surface area contributed by atoms with Crippen molar-refractivity contribution in [3.8, 4) is 5.75 Å². The minimum atomic E-state index is -0.907. The molecule has 1 aliphatic carbocycles. The average Bonchev–Trinajstić information content (AvgIpc) is 3.05. The molecule has 0 aromatic heterocycles. The number of halogens is 2. The Hall–Kier alpha value is -1.16. The fraction of sp³-hybridized carbons (Fsp3) is 0.500. The van der Waals surface area contributed by atoms with E-state index in [1.807, 2.05) is 0 Å². The Morgan fingerprint density at radius 3 is 2.44 bits per heavy atom. The van der Waals surface area contributed by atoms with Crippen molar-refractivity contribution >= 4 is 0 Å². The van der Waals surface area contributed by atoms with Crippen molar-refractivity contribution in [3.05, 3.63) is 29.3 Å². The van der Waals surface area contributed by atoms with Crippen LogP contribution in [0.3, 0.4) is 0 Å². The van der Waals surface area contributed by atoms with Gasteiger partial charge >= 0.3 is 0 Å². The number of hydrogen-bond acceptors (Lipinski definition) is 2. The Bertz CT molecular complexity index is 368. The summed E-state index contributed by atoms with van der Waals surface area (Å²) in [6.07, 6.45) is 2.46. The molecule has 1 aliphatic rings. The van der Waals surface area contributed by atoms with Crippen molar-refractivity contribution in [1.29, 1.82) is 0 Å². The van der Waals surface area contributed by atoms with Crippen LogP contribution < -0.4 is 5.32 Å². The van der Waals surface area contributed by atoms with Crippen molar-refractivity contribution in [2.45, 2.75) is 32.4 Å². The summed E-state index contributed by atoms with van der Waals surface area (Å²) in [6.45, 7) is 2.50. The molecule has 4 heteroatoms. The summed E-state index contributed by atoms with van der Waals surface area (Å²) in [7, 11) is 0. The summed E-state index contributed by atoms with van der Waals surface area (Å²) in [6, 6.07) is 2.69. The van der Waals surface area contributed by atoms with Crippen LogP contribution in [-0.4, -0.2) is 11.1 Å². The van der Waals surface area contributed by atoms with Gasteiger partial charge in [-0.25, -0.2) is 8.78 Å². The average molecular weight is 227 g/mol. The van der Waals surface area contributed by atoms with Crippen molar-refractivity contribution in [2.75, 3.05) is 0 Å². The molecule has 88 valence electrons. The van der Waals surface area contributed by atoms with Gasteiger partial charge in [0.1, 0.15) is 0 Å². The summed E-state index contributed by atoms with van der Waals surface area (Å²) < 4.78 is 26.0. The monoisotopic (exact) mass is 227 g/mol. The maximum Gasteiger partial charge on any atom is 0.187 e. The second-order valence-electron chi connectivity index (χ2n) is 4.42. The van der Waals surface area contributed by atoms with Gasteiger partial charge in [0.05, 0.1) is 0 Å². The summed E-state index contributed by atoms with van der Waals surface area (Å²) in [4.78, 5) is 0. The second kappa shape index (κ2) is 4.37. The number of phenols is 1. The van der Waals surface area contributed by atoms with E-state index in [1.165, 1.54) is 12.8 Å². The van der Waals surface area contributed by atoms with Crippen molar-refractivity contribution in [3.63, 3.8) is 0 Å². The van der Waals surface area contributed by atoms with E-state index >= 15 is 0 Å². The summed E-state index contributed by atoms with van der Waals surface area (Å²) >= 11 is 0. The predicted octanol–water partition coefficient (Wildman–Crippen LogP) is 2.56. The Morgan fingerprint density at radius 2 is 1.94 bits per heavy atom. The lowest BCUT2D eigenvalue weighted by Gasteiger charge is -2.12. The first-order valence-corrected chi connectivity index (χ1v) is 5.48. The molecule has 1 aromatic rings. The van der Waals surface area contributed by atoms with E-state index in [-0.39, 0.29) is 0 Å². The van der Waals surface area contributed by atoms with Crippen LogP contribution in [-0.2, 0) is 6.54 Å². The molecule has 1 fully saturated rings. The van der Waals surface area contributed by atoms with Crippen LogP contribution in [0.1, 0.15) is 25.3 Å². The van der Waals surface area contributed by atoms with E-state index in [9.17, 15) is 8.78 Å². The SMILES string of the molecule is CC(NCc1cc(F)c(O)c(F)c1)C1CC1. The molecule has 2 rings (SSSR count). The third kappa shape index (κ3) is 2.50. The summed E-state index contributed by atoms with van der Waals surface area (Å²) in [5, 5.41) is 12.2. The van der Waals surface area contributed by atoms with Crippen LogP contribution in [0.15, 0.2) is 12.1 Å². The molecule has 0 saturated heterocycles. The number of aromatic hydroxyl groups is 1. The van der Waals surface area contributed by atoms with Crippen LogP contribution in [0.2, 0.25) is 0 Å². The van der Waals surface area contributed by atoms with E-state index in [2.05, 4.69) is 12.2 Å². The van der Waals surface area contributed by atoms with Crippen LogP contribution >= 0.6 is 0 Å². The smallest absolute Gasteiger partial charge is 0.187 e. The molecule has 0 bridgehead atoms. The highest BCUT2D eigenvalue weighted by atomic mass is 19.1. The highest BCUT2D eigenvalue weighted by molar-refractivity contribution is 5.29. The first-order chi connectivity index (χ1) is 7.58. The van der Waals surface area contributed by atoms with Crippen molar-refractivity contribution in [1.82, 2.24) is 5.32 Å². The third-order valence-electron chi connectivity index (χ3n) is 3.03. The van der Waals surface area contributed by atoms with Gasteiger partial charge in [0.15, 0.2) is 17.4 Å². The maximum absolute atomic E-state index is 13.0. The Balaban J connectivity index is 1.98. The fourth-order valence-electron chi connectivity index (χ4n) is 1.76. The van der Waals surface area contributed by atoms with E-state index in [1.54, 1.807) is 0 Å². The van der Waals surface area contributed by atoms with E-state index in [4.69, 9.17) is 5.11 Å². The fourth-order valence-corrected chi connectivity index (χ4v) is 1.76. The maximum atomic E-state index is 13.0. The topological polar surface area (TPSA) is 32.3 Å². The molecule has 1 aromatic carbocycles. The van der Waals surface area contributed by atoms with Crippen LogP contribution in [0.4, 0.5) is 8.78 Å². The van der Waals surface area contributed by atoms with Crippen LogP contribution in [0.5, 0.6) is 5.75 Å². The molecule has 0 aliphatic heterocycles. The van der Waals surface area contributed by atoms with E-state index < -0.39 is 17.4 Å². The molecule has 16 heavy (non-hydrogen) atoms. The van der Waals surface area contributed by atoms with Crippen molar-refractivity contribution in [2.24, 2.45) is 5.92 Å². The molecule has 2 nitrogen and oxygen atoms in total. The molecule has 1 unspecified atom stereocenters. The van der Waals surface area contributed by atoms with Gasteiger partial charge in [-0.3, -0.25) is 0 Å². The standard InChI is InChI=1S/C12H15F2NO/c1-7(9-2-3-9)15-6-8-4-10(13)12(16)11(14)5-8/h4-5,7,9,15-16H,2-3,6H2,1H3. The van der Waals surface area contributed by atoms with Crippen LogP contribution in [0, 0.1) is 17.6 Å². The highest BCUT2D eigenvalue weighted by Crippen LogP contribution is 2.32. The first-order valence-electron chi connectivity index (χ1n) is 5.48. The highest BCUT2D eigenvalue weighted by Gasteiger charge is 2.27. The first kappa shape index (κ1) is 11.3. The predicted molar refractivity (Wildman–Crippen MR) is 57.0 cm³/mol. The van der Waals surface area contributed by atoms with Crippen LogP contribution in [0.25, 0.3) is 0 Å². The Kier molecular flexibility index (Phi) is 3.10. The molecular formula is C12H15F2NO. The van der Waals surface area contributed by atoms with E-state index in [0.29, 0.717) is 24.1 Å². The van der Waals surface area contributed by atoms with Gasteiger partial charge in [0.25, 0.3) is 0 Å². The second-order valence-corrected chi connectivity index (χ2v) is 4.42. The number of benzene rings is 1. The minimum Gasteiger partial charge on any atom is -0.503 e. The molecule has 0 heterocycles. The van der Waals surface area contributed by atoms with Crippen molar-refractivity contribution < 1.29 is 13.9 Å². The van der Waals surface area contributed by atoms with Gasteiger partial charge < -0.3 is 10.4 Å². The molecule has 0 amide bonds. The van der Waals surface area contributed by atoms with Gasteiger partial charge in [-0.05, 0) is 43.4 Å². The molecule has 0 spiro atoms.